The van der Waals surface area contributed by atoms with Gasteiger partial charge in [-0.15, -0.1) is 0 Å². The molecule has 6 aromatic carbocycles. The predicted octanol–water partition coefficient (Wildman–Crippen LogP) is 13.2. The SMILES string of the molecule is CC.Clc1ccccc1-c1nc(-c2ccccc2)c(-c2ccccc2)[nH]1.Clc1ccccc1-c1nc(-c2ccccc2)c(-c2ccccc2)[nH]1. The summed E-state index contributed by atoms with van der Waals surface area (Å²) in [6.45, 7) is 4.00. The Morgan fingerprint density at radius 2 is 0.640 bits per heavy atom. The van der Waals surface area contributed by atoms with E-state index in [4.69, 9.17) is 33.2 Å². The largest absolute Gasteiger partial charge is 0.337 e. The van der Waals surface area contributed by atoms with Gasteiger partial charge in [0.15, 0.2) is 0 Å². The molecule has 4 nitrogen and oxygen atoms in total. The van der Waals surface area contributed by atoms with Gasteiger partial charge >= 0.3 is 0 Å². The van der Waals surface area contributed by atoms with E-state index in [2.05, 4.69) is 58.5 Å². The van der Waals surface area contributed by atoms with Crippen LogP contribution in [0, 0.1) is 0 Å². The highest BCUT2D eigenvalue weighted by atomic mass is 35.5. The van der Waals surface area contributed by atoms with Crippen molar-refractivity contribution in [2.24, 2.45) is 0 Å². The van der Waals surface area contributed by atoms with Crippen LogP contribution < -0.4 is 0 Å². The molecule has 0 spiro atoms. The van der Waals surface area contributed by atoms with E-state index in [1.807, 2.05) is 135 Å². The van der Waals surface area contributed by atoms with E-state index in [0.29, 0.717) is 10.0 Å². The van der Waals surface area contributed by atoms with E-state index in [1.165, 1.54) is 0 Å². The molecule has 246 valence electrons. The third-order valence-electron chi connectivity index (χ3n) is 7.88. The molecule has 50 heavy (non-hydrogen) atoms. The Bertz CT molecular complexity index is 1970. The van der Waals surface area contributed by atoms with Crippen molar-refractivity contribution in [3.8, 4) is 67.8 Å². The second kappa shape index (κ2) is 16.6. The monoisotopic (exact) mass is 690 g/mol. The summed E-state index contributed by atoms with van der Waals surface area (Å²) in [5.41, 5.74) is 10.0. The van der Waals surface area contributed by atoms with E-state index in [0.717, 1.165) is 67.8 Å². The van der Waals surface area contributed by atoms with Crippen molar-refractivity contribution in [2.45, 2.75) is 13.8 Å². The van der Waals surface area contributed by atoms with Crippen molar-refractivity contribution in [1.82, 2.24) is 19.9 Å². The molecule has 6 heteroatoms. The van der Waals surface area contributed by atoms with Gasteiger partial charge in [-0.05, 0) is 24.3 Å². The highest BCUT2D eigenvalue weighted by molar-refractivity contribution is 6.33. The molecule has 2 N–H and O–H groups in total. The first-order valence-electron chi connectivity index (χ1n) is 16.6. The molecule has 0 unspecified atom stereocenters. The van der Waals surface area contributed by atoms with Crippen LogP contribution in [0.2, 0.25) is 10.0 Å². The van der Waals surface area contributed by atoms with Gasteiger partial charge in [0.25, 0.3) is 0 Å². The Balaban J connectivity index is 0.000000165. The lowest BCUT2D eigenvalue weighted by atomic mass is 10.1. The van der Waals surface area contributed by atoms with Gasteiger partial charge in [0, 0.05) is 33.4 Å². The van der Waals surface area contributed by atoms with Gasteiger partial charge in [0.05, 0.1) is 32.8 Å². The van der Waals surface area contributed by atoms with Gasteiger partial charge in [-0.1, -0.05) is 183 Å². The molecule has 2 aromatic heterocycles. The second-order valence-corrected chi connectivity index (χ2v) is 11.9. The molecule has 0 saturated heterocycles. The van der Waals surface area contributed by atoms with Gasteiger partial charge in [0.1, 0.15) is 11.6 Å². The van der Waals surface area contributed by atoms with E-state index in [9.17, 15) is 0 Å². The lowest BCUT2D eigenvalue weighted by Gasteiger charge is -2.02. The van der Waals surface area contributed by atoms with Crippen LogP contribution in [-0.2, 0) is 0 Å². The maximum atomic E-state index is 6.35. The average Bonchev–Trinajstić information content (AvgIpc) is 3.84. The van der Waals surface area contributed by atoms with Crippen molar-refractivity contribution in [2.75, 3.05) is 0 Å². The number of hydrogen-bond acceptors (Lipinski definition) is 2. The van der Waals surface area contributed by atoms with Crippen LogP contribution in [0.5, 0.6) is 0 Å². The molecule has 0 fully saturated rings. The van der Waals surface area contributed by atoms with Crippen LogP contribution in [0.15, 0.2) is 170 Å². The first kappa shape index (κ1) is 34.2. The summed E-state index contributed by atoms with van der Waals surface area (Å²) in [5, 5.41) is 1.37. The first-order valence-corrected chi connectivity index (χ1v) is 17.3. The van der Waals surface area contributed by atoms with Crippen LogP contribution in [0.3, 0.4) is 0 Å². The summed E-state index contributed by atoms with van der Waals surface area (Å²) in [4.78, 5) is 16.6. The number of aromatic amines is 2. The lowest BCUT2D eigenvalue weighted by Crippen LogP contribution is -1.82. The third kappa shape index (κ3) is 7.79. The molecular weight excluding hydrogens is 655 g/mol. The van der Waals surface area contributed by atoms with E-state index in [1.54, 1.807) is 0 Å². The molecule has 0 saturated carbocycles. The van der Waals surface area contributed by atoms with E-state index >= 15 is 0 Å². The molecule has 2 heterocycles. The van der Waals surface area contributed by atoms with Crippen LogP contribution in [-0.4, -0.2) is 19.9 Å². The Morgan fingerprint density at radius 1 is 0.360 bits per heavy atom. The van der Waals surface area contributed by atoms with Crippen molar-refractivity contribution >= 4 is 23.2 Å². The molecule has 8 rings (SSSR count). The van der Waals surface area contributed by atoms with Gasteiger partial charge in [0.2, 0.25) is 0 Å². The molecule has 0 amide bonds. The van der Waals surface area contributed by atoms with Gasteiger partial charge in [-0.2, -0.15) is 0 Å². The highest BCUT2D eigenvalue weighted by Crippen LogP contribution is 2.36. The van der Waals surface area contributed by atoms with Crippen molar-refractivity contribution in [3.63, 3.8) is 0 Å². The highest BCUT2D eigenvalue weighted by Gasteiger charge is 2.17. The van der Waals surface area contributed by atoms with Gasteiger partial charge in [-0.25, -0.2) is 9.97 Å². The molecule has 0 atom stereocenters. The number of nitrogens with one attached hydrogen (secondary N) is 2. The molecule has 0 aliphatic rings. The van der Waals surface area contributed by atoms with Crippen molar-refractivity contribution < 1.29 is 0 Å². The Labute approximate surface area is 303 Å². The number of hydrogen-bond donors (Lipinski definition) is 2. The van der Waals surface area contributed by atoms with Crippen molar-refractivity contribution in [1.29, 1.82) is 0 Å². The van der Waals surface area contributed by atoms with Crippen LogP contribution in [0.25, 0.3) is 67.8 Å². The summed E-state index contributed by atoms with van der Waals surface area (Å²) < 4.78 is 0. The minimum atomic E-state index is 0.686. The normalized spacial score (nSPS) is 10.4. The maximum Gasteiger partial charge on any atom is 0.140 e. The summed E-state index contributed by atoms with van der Waals surface area (Å²) >= 11 is 12.7. The molecule has 0 aliphatic heterocycles. The summed E-state index contributed by atoms with van der Waals surface area (Å²) in [7, 11) is 0. The van der Waals surface area contributed by atoms with E-state index in [-0.39, 0.29) is 0 Å². The van der Waals surface area contributed by atoms with Crippen LogP contribution in [0.4, 0.5) is 0 Å². The Morgan fingerprint density at radius 3 is 0.960 bits per heavy atom. The molecule has 0 radical (unpaired) electrons. The van der Waals surface area contributed by atoms with Gasteiger partial charge in [-0.3, -0.25) is 0 Å². The van der Waals surface area contributed by atoms with Crippen LogP contribution in [0.1, 0.15) is 13.8 Å². The molecular formula is C44H36Cl2N4. The summed E-state index contributed by atoms with van der Waals surface area (Å²) in [5.74, 6) is 1.55. The predicted molar refractivity (Wildman–Crippen MR) is 211 cm³/mol. The first-order chi connectivity index (χ1) is 24.7. The van der Waals surface area contributed by atoms with Crippen molar-refractivity contribution in [3.05, 3.63) is 180 Å². The lowest BCUT2D eigenvalue weighted by molar-refractivity contribution is 1.31. The standard InChI is InChI=1S/2C21H15ClN2.C2H6/c2*22-18-14-8-7-13-17(18)21-23-19(15-9-3-1-4-10-15)20(24-21)16-11-5-2-6-12-16;1-2/h2*1-14H,(H,23,24);1-2H3. The number of H-pyrrole nitrogens is 2. The fourth-order valence-electron chi connectivity index (χ4n) is 5.55. The number of benzene rings is 6. The number of aromatic nitrogens is 4. The Hall–Kier alpha value is -5.68. The zero-order valence-electron chi connectivity index (χ0n) is 27.8. The smallest absolute Gasteiger partial charge is 0.140 e. The minimum absolute atomic E-state index is 0.686. The number of imidazole rings is 2. The molecule has 8 aromatic rings. The molecule has 0 aliphatic carbocycles. The fraction of sp³-hybridized carbons (Fsp3) is 0.0455. The molecule has 0 bridgehead atoms. The number of nitrogens with zero attached hydrogens (tertiary/aromatic N) is 2. The zero-order chi connectivity index (χ0) is 34.7. The Kier molecular flexibility index (Phi) is 11.4. The average molecular weight is 692 g/mol. The number of halogens is 2. The second-order valence-electron chi connectivity index (χ2n) is 11.0. The quantitative estimate of drug-likeness (QED) is 0.182. The zero-order valence-corrected chi connectivity index (χ0v) is 29.3. The van der Waals surface area contributed by atoms with Crippen LogP contribution >= 0.6 is 23.2 Å². The maximum absolute atomic E-state index is 6.35. The minimum Gasteiger partial charge on any atom is -0.337 e. The topological polar surface area (TPSA) is 57.4 Å². The van der Waals surface area contributed by atoms with E-state index < -0.39 is 0 Å². The fourth-order valence-corrected chi connectivity index (χ4v) is 6.00. The summed E-state index contributed by atoms with van der Waals surface area (Å²) in [6, 6.07) is 56.3. The summed E-state index contributed by atoms with van der Waals surface area (Å²) in [6.07, 6.45) is 0. The van der Waals surface area contributed by atoms with Gasteiger partial charge < -0.3 is 9.97 Å². The number of rotatable bonds is 6. The third-order valence-corrected chi connectivity index (χ3v) is 8.54.